The molecule has 0 fully saturated rings. The molecule has 8 heavy (non-hydrogen) atoms. The molecule has 0 radical (unpaired) electrons. The Morgan fingerprint density at radius 1 is 1.88 bits per heavy atom. The average molecular weight is 133 g/mol. The monoisotopic (exact) mass is 132 g/mol. The van der Waals surface area contributed by atoms with E-state index in [4.69, 9.17) is 13.0 Å². The summed E-state index contributed by atoms with van der Waals surface area (Å²) < 4.78 is 19.0. The Labute approximate surface area is 52.5 Å². The fourth-order valence-electron chi connectivity index (χ4n) is 0.321. The lowest BCUT2D eigenvalue weighted by Crippen LogP contribution is -1.76. The van der Waals surface area contributed by atoms with Gasteiger partial charge in [0, 0.05) is 6.20 Å². The van der Waals surface area contributed by atoms with Crippen LogP contribution < -0.4 is 0 Å². The highest BCUT2D eigenvalue weighted by Crippen LogP contribution is 2.03. The molecule has 0 aliphatic carbocycles. The van der Waals surface area contributed by atoms with Gasteiger partial charge in [0.2, 0.25) is 5.95 Å². The highest BCUT2D eigenvalue weighted by Gasteiger charge is 1.86. The Hall–Kier alpha value is -0.630. The minimum Gasteiger partial charge on any atom is -0.227 e. The van der Waals surface area contributed by atoms with Crippen LogP contribution in [0.15, 0.2) is 18.3 Å². The number of pyridine rings is 1. The molecule has 1 nitrogen and oxygen atoms in total. The van der Waals surface area contributed by atoms with Crippen molar-refractivity contribution in [3.8, 4) is 0 Å². The van der Waals surface area contributed by atoms with Crippen molar-refractivity contribution in [2.24, 2.45) is 0 Å². The molecule has 0 bridgehead atoms. The second kappa shape index (κ2) is 2.09. The van der Waals surface area contributed by atoms with Crippen LogP contribution >= 0.6 is 11.6 Å². The fraction of sp³-hybridized carbons (Fsp3) is 0. The Morgan fingerprint density at radius 3 is 3.12 bits per heavy atom. The van der Waals surface area contributed by atoms with Gasteiger partial charge in [-0.25, -0.2) is 4.98 Å². The number of nitrogens with zero attached hydrogens (tertiary/aromatic N) is 1. The van der Waals surface area contributed by atoms with Crippen molar-refractivity contribution in [2.45, 2.75) is 0 Å². The third-order valence-electron chi connectivity index (χ3n) is 0.630. The van der Waals surface area contributed by atoms with E-state index >= 15 is 0 Å². The van der Waals surface area contributed by atoms with Crippen LogP contribution in [-0.4, -0.2) is 4.98 Å². The van der Waals surface area contributed by atoms with Crippen LogP contribution in [0, 0.1) is 5.95 Å². The molecule has 0 saturated carbocycles. The van der Waals surface area contributed by atoms with E-state index in [1.54, 1.807) is 0 Å². The molecular weight excluding hydrogens is 129 g/mol. The molecule has 0 atom stereocenters. The zero-order valence-electron chi connectivity index (χ0n) is 4.86. The summed E-state index contributed by atoms with van der Waals surface area (Å²) in [7, 11) is 0. The first-order valence-electron chi connectivity index (χ1n) is 2.48. The molecule has 0 unspecified atom stereocenters. The molecule has 0 aliphatic rings. The van der Waals surface area contributed by atoms with Crippen molar-refractivity contribution in [2.75, 3.05) is 0 Å². The lowest BCUT2D eigenvalue weighted by Gasteiger charge is -1.84. The molecule has 0 aliphatic heterocycles. The minimum atomic E-state index is -0.676. The van der Waals surface area contributed by atoms with Gasteiger partial charge < -0.3 is 0 Å². The molecule has 1 aromatic rings. The number of rotatable bonds is 0. The Bertz CT molecular complexity index is 228. The molecular formula is C5H3ClFN. The number of halogens is 2. The lowest BCUT2D eigenvalue weighted by molar-refractivity contribution is 0.584. The van der Waals surface area contributed by atoms with Crippen molar-refractivity contribution in [3.63, 3.8) is 0 Å². The summed E-state index contributed by atoms with van der Waals surface area (Å²) in [5.41, 5.74) is 0. The number of hydrogen-bond donors (Lipinski definition) is 0. The minimum absolute atomic E-state index is 0.0378. The van der Waals surface area contributed by atoms with Crippen LogP contribution in [-0.2, 0) is 0 Å². The molecule has 0 aromatic carbocycles. The van der Waals surface area contributed by atoms with Gasteiger partial charge in [-0.2, -0.15) is 4.39 Å². The van der Waals surface area contributed by atoms with Gasteiger partial charge in [-0.1, -0.05) is 11.6 Å². The lowest BCUT2D eigenvalue weighted by atomic mass is 10.5. The zero-order valence-corrected chi connectivity index (χ0v) is 4.61. The summed E-state index contributed by atoms with van der Waals surface area (Å²) in [5.74, 6) is -0.676. The smallest absolute Gasteiger partial charge is 0.212 e. The molecule has 0 amide bonds. The maximum Gasteiger partial charge on any atom is 0.212 e. The van der Waals surface area contributed by atoms with E-state index in [0.29, 0.717) is 0 Å². The zero-order chi connectivity index (χ0) is 6.85. The summed E-state index contributed by atoms with van der Waals surface area (Å²) in [5, 5.41) is 0.163. The second-order valence-electron chi connectivity index (χ2n) is 1.22. The first-order valence-corrected chi connectivity index (χ1v) is 2.35. The van der Waals surface area contributed by atoms with E-state index in [1.807, 2.05) is 0 Å². The highest BCUT2D eigenvalue weighted by molar-refractivity contribution is 6.30. The van der Waals surface area contributed by atoms with Gasteiger partial charge in [-0.05, 0) is 12.1 Å². The maximum absolute atomic E-state index is 12.1. The molecule has 42 valence electrons. The predicted octanol–water partition coefficient (Wildman–Crippen LogP) is 1.87. The maximum atomic E-state index is 12.1. The summed E-state index contributed by atoms with van der Waals surface area (Å²) in [4.78, 5) is 3.22. The predicted molar refractivity (Wildman–Crippen MR) is 29.2 cm³/mol. The van der Waals surface area contributed by atoms with E-state index in [0.717, 1.165) is 12.3 Å². The average Bonchev–Trinajstić information content (AvgIpc) is 1.80. The number of hydrogen-bond acceptors (Lipinski definition) is 1. The Morgan fingerprint density at radius 2 is 2.62 bits per heavy atom. The van der Waals surface area contributed by atoms with Crippen molar-refractivity contribution in [1.82, 2.24) is 4.98 Å². The number of aromatic nitrogens is 1. The normalized spacial score (nSPS) is 11.0. The van der Waals surface area contributed by atoms with Crippen molar-refractivity contribution < 1.29 is 5.76 Å². The Balaban J connectivity index is 3.17. The van der Waals surface area contributed by atoms with Crippen molar-refractivity contribution in [1.29, 1.82) is 0 Å². The third kappa shape index (κ3) is 1.17. The summed E-state index contributed by atoms with van der Waals surface area (Å²) in [6, 6.07) is 0.923. The fourth-order valence-corrected chi connectivity index (χ4v) is 0.425. The van der Waals surface area contributed by atoms with Crippen LogP contribution in [0.4, 0.5) is 4.39 Å². The summed E-state index contributed by atoms with van der Waals surface area (Å²) in [6.07, 6.45) is 1.11. The SMILES string of the molecule is [2H]c1cc(F)ncc1Cl. The summed E-state index contributed by atoms with van der Waals surface area (Å²) in [6.45, 7) is 0. The first-order chi connectivity index (χ1) is 4.20. The quantitative estimate of drug-likeness (QED) is 0.491. The first kappa shape index (κ1) is 4.27. The molecule has 0 N–H and O–H groups in total. The molecule has 0 spiro atoms. The van der Waals surface area contributed by atoms with Gasteiger partial charge in [0.25, 0.3) is 0 Å². The molecule has 1 rings (SSSR count). The van der Waals surface area contributed by atoms with Crippen LogP contribution in [0.2, 0.25) is 5.02 Å². The van der Waals surface area contributed by atoms with Gasteiger partial charge in [0.1, 0.15) is 0 Å². The molecule has 0 saturated heterocycles. The van der Waals surface area contributed by atoms with Crippen LogP contribution in [0.25, 0.3) is 0 Å². The molecule has 1 aromatic heterocycles. The molecule has 1 heterocycles. The van der Waals surface area contributed by atoms with E-state index in [2.05, 4.69) is 4.98 Å². The van der Waals surface area contributed by atoms with Gasteiger partial charge in [-0.15, -0.1) is 0 Å². The highest BCUT2D eigenvalue weighted by atomic mass is 35.5. The second-order valence-corrected chi connectivity index (χ2v) is 1.62. The largest absolute Gasteiger partial charge is 0.227 e. The van der Waals surface area contributed by atoms with Gasteiger partial charge in [0.15, 0.2) is 0 Å². The van der Waals surface area contributed by atoms with Crippen LogP contribution in [0.5, 0.6) is 0 Å². The molecule has 3 heteroatoms. The third-order valence-corrected chi connectivity index (χ3v) is 0.837. The van der Waals surface area contributed by atoms with Gasteiger partial charge >= 0.3 is 0 Å². The standard InChI is InChI=1S/C5H3ClFN/c6-4-1-2-5(7)8-3-4/h1-3H/i1D. The van der Waals surface area contributed by atoms with E-state index in [1.165, 1.54) is 0 Å². The topological polar surface area (TPSA) is 12.9 Å². The van der Waals surface area contributed by atoms with Gasteiger partial charge in [0.05, 0.1) is 6.39 Å². The summed E-state index contributed by atoms with van der Waals surface area (Å²) >= 11 is 5.36. The van der Waals surface area contributed by atoms with Crippen molar-refractivity contribution >= 4 is 11.6 Å². The Kier molecular flexibility index (Phi) is 1.12. The van der Waals surface area contributed by atoms with E-state index in [-0.39, 0.29) is 11.1 Å². The van der Waals surface area contributed by atoms with Crippen LogP contribution in [0.1, 0.15) is 1.37 Å². The van der Waals surface area contributed by atoms with Crippen molar-refractivity contribution in [3.05, 3.63) is 29.3 Å². The van der Waals surface area contributed by atoms with E-state index in [9.17, 15) is 4.39 Å². The van der Waals surface area contributed by atoms with E-state index < -0.39 is 5.95 Å². The van der Waals surface area contributed by atoms with Gasteiger partial charge in [-0.3, -0.25) is 0 Å². The van der Waals surface area contributed by atoms with Crippen LogP contribution in [0.3, 0.4) is 0 Å².